The van der Waals surface area contributed by atoms with Gasteiger partial charge in [0.2, 0.25) is 17.7 Å². The van der Waals surface area contributed by atoms with Crippen molar-refractivity contribution in [3.05, 3.63) is 174 Å². The van der Waals surface area contributed by atoms with Crippen molar-refractivity contribution >= 4 is 115 Å². The van der Waals surface area contributed by atoms with Crippen molar-refractivity contribution in [2.75, 3.05) is 19.6 Å². The Hall–Kier alpha value is -9.85. The summed E-state index contributed by atoms with van der Waals surface area (Å²) in [6, 6.07) is 28.4. The van der Waals surface area contributed by atoms with Gasteiger partial charge in [-0.2, -0.15) is 0 Å². The first-order valence-electron chi connectivity index (χ1n) is 41.5. The molecule has 7 heterocycles. The number of rotatable bonds is 16. The number of halogens is 1. The topological polar surface area (TPSA) is 427 Å². The van der Waals surface area contributed by atoms with E-state index in [9.17, 15) is 58.5 Å². The Balaban J connectivity index is 0.000000281. The average Bonchev–Trinajstić information content (AvgIpc) is 1.70. The van der Waals surface area contributed by atoms with Crippen molar-refractivity contribution < 1.29 is 87.6 Å². The number of aliphatic carboxylic acids is 2. The van der Waals surface area contributed by atoms with Crippen molar-refractivity contribution in [1.29, 1.82) is 0 Å². The van der Waals surface area contributed by atoms with Crippen LogP contribution in [0.15, 0.2) is 129 Å². The number of nitrogens with one attached hydrogen (secondary N) is 4. The van der Waals surface area contributed by atoms with E-state index in [1.54, 1.807) is 115 Å². The fraction of sp³-hybridized carbons (Fsp3) is 0.511. The van der Waals surface area contributed by atoms with Crippen molar-refractivity contribution in [1.82, 2.24) is 55.9 Å². The molecule has 35 heteroatoms. The zero-order valence-electron chi connectivity index (χ0n) is 77.1. The summed E-state index contributed by atoms with van der Waals surface area (Å²) >= 11 is 9.83. The molecule has 7 amide bonds. The van der Waals surface area contributed by atoms with Crippen LogP contribution in [0.5, 0.6) is 0 Å². The molecule has 0 unspecified atom stereocenters. The highest BCUT2D eigenvalue weighted by molar-refractivity contribution is 9.10. The summed E-state index contributed by atoms with van der Waals surface area (Å²) < 4.78 is 21.9. The highest BCUT2D eigenvalue weighted by Gasteiger charge is 2.46. The summed E-state index contributed by atoms with van der Waals surface area (Å²) in [6.45, 7) is 43.9. The lowest BCUT2D eigenvalue weighted by Gasteiger charge is -2.35. The number of likely N-dealkylation sites (tertiary alicyclic amines) is 3. The number of benzene rings is 4. The van der Waals surface area contributed by atoms with Crippen molar-refractivity contribution in [2.45, 2.75) is 270 Å². The number of aryl methyl sites for hydroxylation is 4. The fourth-order valence-electron chi connectivity index (χ4n) is 12.1. The van der Waals surface area contributed by atoms with Crippen molar-refractivity contribution in [3.8, 4) is 31.3 Å². The van der Waals surface area contributed by atoms with Crippen LogP contribution in [-0.4, -0.2) is 199 Å². The molecule has 0 spiro atoms. The quantitative estimate of drug-likeness (QED) is 0.0402. The number of nitrogens with zero attached hydrogens (tertiary/aromatic N) is 7. The van der Waals surface area contributed by atoms with E-state index in [2.05, 4.69) is 81.4 Å². The van der Waals surface area contributed by atoms with Crippen LogP contribution in [0.1, 0.15) is 196 Å². The molecule has 0 saturated carbocycles. The number of amides is 7. The second-order valence-corrected chi connectivity index (χ2v) is 41.0. The molecule has 0 aliphatic carbocycles. The van der Waals surface area contributed by atoms with Gasteiger partial charge in [-0.25, -0.2) is 38.9 Å². The maximum atomic E-state index is 13.6. The molecule has 11 N–H and O–H groups in total. The second kappa shape index (κ2) is 48.5. The van der Waals surface area contributed by atoms with E-state index in [1.165, 1.54) is 20.2 Å². The minimum atomic E-state index is -1.12. The van der Waals surface area contributed by atoms with Crippen LogP contribution in [-0.2, 0) is 69.1 Å². The van der Waals surface area contributed by atoms with Crippen molar-refractivity contribution in [3.63, 3.8) is 0 Å². The number of carbonyl (C=O) groups is 9. The van der Waals surface area contributed by atoms with E-state index in [-0.39, 0.29) is 68.6 Å². The predicted octanol–water partition coefficient (Wildman–Crippen LogP) is 16.4. The van der Waals surface area contributed by atoms with Crippen LogP contribution >= 0.6 is 61.3 Å². The number of thiazole rings is 4. The molecular formula is C92H129BrN12O18S4. The van der Waals surface area contributed by atoms with Gasteiger partial charge in [-0.05, 0) is 173 Å². The summed E-state index contributed by atoms with van der Waals surface area (Å²) in [5, 5.41) is 60.2. The molecular weight excluding hydrogens is 1770 g/mol. The molecule has 696 valence electrons. The first-order valence-corrected chi connectivity index (χ1v) is 45.9. The van der Waals surface area contributed by atoms with Crippen molar-refractivity contribution in [2.24, 2.45) is 22.5 Å². The minimum Gasteiger partial charge on any atom is -0.481 e. The van der Waals surface area contributed by atoms with Gasteiger partial charge in [0.1, 0.15) is 46.6 Å². The number of alkyl carbamates (subject to hydrolysis) is 2. The van der Waals surface area contributed by atoms with Crippen LogP contribution in [0.25, 0.3) is 31.3 Å². The van der Waals surface area contributed by atoms with Gasteiger partial charge < -0.3 is 76.4 Å². The Labute approximate surface area is 770 Å². The van der Waals surface area contributed by atoms with E-state index >= 15 is 0 Å². The molecule has 127 heavy (non-hydrogen) atoms. The van der Waals surface area contributed by atoms with E-state index in [0.29, 0.717) is 19.6 Å². The maximum Gasteiger partial charge on any atom is 0.411 e. The Morgan fingerprint density at radius 1 is 0.457 bits per heavy atom. The summed E-state index contributed by atoms with van der Waals surface area (Å²) in [7, 11) is 0. The van der Waals surface area contributed by atoms with Gasteiger partial charge in [-0.15, -0.1) is 45.3 Å². The van der Waals surface area contributed by atoms with Gasteiger partial charge in [-0.3, -0.25) is 34.0 Å². The van der Waals surface area contributed by atoms with Crippen LogP contribution in [0.3, 0.4) is 0 Å². The van der Waals surface area contributed by atoms with Gasteiger partial charge in [0.25, 0.3) is 0 Å². The Morgan fingerprint density at radius 3 is 1.09 bits per heavy atom. The van der Waals surface area contributed by atoms with E-state index in [4.69, 9.17) is 34.9 Å². The molecule has 4 aromatic carbocycles. The third-order valence-corrected chi connectivity index (χ3v) is 23.2. The van der Waals surface area contributed by atoms with Gasteiger partial charge in [0.05, 0.1) is 91.1 Å². The number of nitrogens with two attached hydrogens (primary N) is 1. The third-order valence-electron chi connectivity index (χ3n) is 19.1. The number of hydrogen-bond acceptors (Lipinski definition) is 25. The van der Waals surface area contributed by atoms with E-state index in [1.807, 2.05) is 190 Å². The molecule has 8 atom stereocenters. The summed E-state index contributed by atoms with van der Waals surface area (Å²) in [5.41, 5.74) is 21.2. The Kier molecular flexibility index (Phi) is 41.1. The predicted molar refractivity (Wildman–Crippen MR) is 500 cm³/mol. The number of aliphatic hydroxyl groups excluding tert-OH is 3. The largest absolute Gasteiger partial charge is 0.481 e. The van der Waals surface area contributed by atoms with Gasteiger partial charge in [0, 0.05) is 67.5 Å². The molecule has 30 nitrogen and oxygen atoms in total. The average molecular weight is 1900 g/mol. The maximum absolute atomic E-state index is 13.6. The molecule has 3 fully saturated rings. The molecule has 4 aromatic heterocycles. The third kappa shape index (κ3) is 37.8. The summed E-state index contributed by atoms with van der Waals surface area (Å²) in [6.07, 6.45) is -4.37. The van der Waals surface area contributed by atoms with Gasteiger partial charge >= 0.3 is 36.3 Å². The second-order valence-electron chi connectivity index (χ2n) is 36.8. The number of carboxylic acids is 2. The van der Waals surface area contributed by atoms with Crippen LogP contribution in [0.4, 0.5) is 19.2 Å². The van der Waals surface area contributed by atoms with Crippen LogP contribution in [0.2, 0.25) is 0 Å². The smallest absolute Gasteiger partial charge is 0.411 e. The fourth-order valence-corrected chi connectivity index (χ4v) is 15.4. The van der Waals surface area contributed by atoms with Gasteiger partial charge in [0.15, 0.2) is 0 Å². The first-order chi connectivity index (χ1) is 58.9. The highest BCUT2D eigenvalue weighted by atomic mass is 79.9. The lowest BCUT2D eigenvalue weighted by atomic mass is 9.82. The number of hydrogen-bond donors (Lipinski definition) is 10. The zero-order valence-corrected chi connectivity index (χ0v) is 81.9. The molecule has 0 radical (unpaired) electrons. The first kappa shape index (κ1) is 108. The minimum absolute atomic E-state index is 0.00583. The van der Waals surface area contributed by atoms with Crippen LogP contribution in [0, 0.1) is 44.4 Å². The number of β-amino-alcohol motifs (C(OH)–C–C–N with tert-alkyl or cyclic N) is 3. The van der Waals surface area contributed by atoms with E-state index in [0.717, 1.165) is 75.3 Å². The van der Waals surface area contributed by atoms with Gasteiger partial charge in [-0.1, -0.05) is 149 Å². The highest BCUT2D eigenvalue weighted by Crippen LogP contribution is 2.33. The zero-order chi connectivity index (χ0) is 95.4. The Morgan fingerprint density at radius 2 is 0.795 bits per heavy atom. The normalized spacial score (nSPS) is 17.1. The number of carbonyl (C=O) groups excluding carboxylic acids is 7. The molecule has 0 bridgehead atoms. The van der Waals surface area contributed by atoms with E-state index < -0.39 is 113 Å². The number of ether oxygens (including phenoxy) is 4. The molecule has 3 aliphatic heterocycles. The monoisotopic (exact) mass is 1900 g/mol. The summed E-state index contributed by atoms with van der Waals surface area (Å²) in [4.78, 5) is 132. The Bertz CT molecular complexity index is 4830. The lowest BCUT2D eigenvalue weighted by molar-refractivity contribution is -0.144. The molecule has 3 saturated heterocycles. The molecule has 8 aromatic rings. The number of carboxylic acid groups (broad SMARTS) is 2. The number of aromatic nitrogens is 4. The molecule has 11 rings (SSSR count). The summed E-state index contributed by atoms with van der Waals surface area (Å²) in [5.74, 6) is -3.19. The number of aliphatic hydroxyl groups is 3. The SMILES string of the molecule is CC(C)(C)OC(=O)N1C[C@H](O)C[C@H]1C(=O)O.CC(C)(C)OC(=O)NCc1ccc(Br)cc1.C[C@H](C(=O)O)C(C)(C)C.Cc1cscn1.Cc1ncsc1-c1ccc(CN)cc1.Cc1ncsc1-c1ccc(CNC(=O)[C@@H]2C[C@@H](O)CN2C(=O)OC(C)(C)C)cc1.Cc1ncsc1-c1ccc(CNC(=O)[C@@H]2C[C@@H](O)CN2C(=O)[C@@H](NC(=O)OC(C)(C)C)C(C)(C)C)cc1. The lowest BCUT2D eigenvalue weighted by Crippen LogP contribution is -2.58. The van der Waals surface area contributed by atoms with Crippen LogP contribution < -0.4 is 27.0 Å². The standard InChI is InChI=1S/C27H38N4O5S.C21H27N3O4S.C12H16BrNO2.C11H12N2S.C10H17NO5.C7H14O2.C4H5NS/c1-16-21(37-15-29-16)18-10-8-17(9-11-18)13-28-23(33)20-12-19(32)14-31(20)24(34)22(26(2,3)4)30-25(35)36-27(5,6)7;1-13-18(29-12-23-13)15-7-5-14(6-8-15)10-22-19(26)17-9-16(25)11-24(17)20(27)28-21(2,3)4;1-12(2,3)16-11(15)14-8-9-4-6-10(13)7-5-9;1-8-11(14-7-13-8)10-4-2-9(6-12)3-5-10;1-10(2,3)16-9(15)11-5-6(12)4-7(11)8(13)14;1-5(6(8)9)7(2,3)4;1-4-2-6-3-5-4/h8-11,15,19-20,22,32H,12-14H2,1-7H3,(H,28,33)(H,30,35);5-8,12,16-17,25H,9-11H2,1-4H3,(H,22,26);4-7H,8H2,1-3H3,(H,14,15);2-5,7H,6,12H2,1H3;6-7,12H,4-5H2,1-3H3,(H,13,14);5H,1-4H3,(H,8,9);2-3H,1H3/t19-,20+,22-;16-,17+;;;6-,7+;5-;/m11..11./s1. The molecule has 3 aliphatic rings.